The SMILES string of the molecule is CCn1c(SCC(=O)Nc2sc3c(c2C(=O)OC)CCCC3)nnc1-c1ccccc1. The van der Waals surface area contributed by atoms with Crippen LogP contribution in [0.15, 0.2) is 35.5 Å². The highest BCUT2D eigenvalue weighted by molar-refractivity contribution is 7.99. The minimum Gasteiger partial charge on any atom is -0.465 e. The smallest absolute Gasteiger partial charge is 0.341 e. The number of nitrogens with one attached hydrogen (secondary N) is 1. The van der Waals surface area contributed by atoms with E-state index in [9.17, 15) is 9.59 Å². The van der Waals surface area contributed by atoms with E-state index in [1.165, 1.54) is 35.1 Å². The summed E-state index contributed by atoms with van der Waals surface area (Å²) in [7, 11) is 1.37. The highest BCUT2D eigenvalue weighted by atomic mass is 32.2. The molecule has 2 aromatic heterocycles. The molecule has 1 aliphatic rings. The number of benzene rings is 1. The molecule has 7 nitrogen and oxygen atoms in total. The van der Waals surface area contributed by atoms with Crippen LogP contribution in [-0.2, 0) is 28.9 Å². The van der Waals surface area contributed by atoms with Crippen molar-refractivity contribution >= 4 is 40.0 Å². The number of carbonyl (C=O) groups excluding carboxylic acids is 2. The predicted molar refractivity (Wildman–Crippen MR) is 123 cm³/mol. The first kappa shape index (κ1) is 21.6. The molecule has 0 saturated heterocycles. The lowest BCUT2D eigenvalue weighted by Crippen LogP contribution is -2.17. The Morgan fingerprint density at radius 3 is 2.71 bits per heavy atom. The maximum Gasteiger partial charge on any atom is 0.341 e. The van der Waals surface area contributed by atoms with Crippen molar-refractivity contribution in [3.05, 3.63) is 46.3 Å². The fourth-order valence-corrected chi connectivity index (χ4v) is 5.84. The van der Waals surface area contributed by atoms with Crippen LogP contribution in [0, 0.1) is 0 Å². The van der Waals surface area contributed by atoms with Crippen LogP contribution in [0.3, 0.4) is 0 Å². The molecule has 1 amide bonds. The Balaban J connectivity index is 1.48. The number of hydrogen-bond donors (Lipinski definition) is 1. The van der Waals surface area contributed by atoms with E-state index in [1.807, 2.05) is 41.8 Å². The molecule has 162 valence electrons. The average Bonchev–Trinajstić information content (AvgIpc) is 3.38. The number of aryl methyl sites for hydroxylation is 1. The summed E-state index contributed by atoms with van der Waals surface area (Å²) >= 11 is 2.82. The van der Waals surface area contributed by atoms with Gasteiger partial charge in [0.1, 0.15) is 5.00 Å². The quantitative estimate of drug-likeness (QED) is 0.418. The summed E-state index contributed by atoms with van der Waals surface area (Å²) in [5.74, 6) is 0.391. The van der Waals surface area contributed by atoms with Gasteiger partial charge in [-0.15, -0.1) is 21.5 Å². The number of ether oxygens (including phenoxy) is 1. The van der Waals surface area contributed by atoms with Crippen LogP contribution in [0.4, 0.5) is 5.00 Å². The summed E-state index contributed by atoms with van der Waals surface area (Å²) in [6.07, 6.45) is 3.94. The highest BCUT2D eigenvalue weighted by Gasteiger charge is 2.27. The Labute approximate surface area is 189 Å². The number of carbonyl (C=O) groups is 2. The topological polar surface area (TPSA) is 86.1 Å². The number of thioether (sulfide) groups is 1. The molecule has 0 bridgehead atoms. The average molecular weight is 457 g/mol. The molecule has 31 heavy (non-hydrogen) atoms. The Morgan fingerprint density at radius 1 is 1.19 bits per heavy atom. The molecule has 0 unspecified atom stereocenters. The first-order valence-electron chi connectivity index (χ1n) is 10.3. The summed E-state index contributed by atoms with van der Waals surface area (Å²) in [6.45, 7) is 2.73. The Kier molecular flexibility index (Phi) is 6.72. The van der Waals surface area contributed by atoms with Gasteiger partial charge in [0.2, 0.25) is 5.91 Å². The number of hydrogen-bond acceptors (Lipinski definition) is 7. The van der Waals surface area contributed by atoms with Crippen LogP contribution in [0.2, 0.25) is 0 Å². The second-order valence-corrected chi connectivity index (χ2v) is 9.21. The number of amides is 1. The van der Waals surface area contributed by atoms with Gasteiger partial charge in [-0.1, -0.05) is 42.1 Å². The van der Waals surface area contributed by atoms with Gasteiger partial charge in [0, 0.05) is 17.0 Å². The highest BCUT2D eigenvalue weighted by Crippen LogP contribution is 2.38. The van der Waals surface area contributed by atoms with E-state index in [2.05, 4.69) is 15.5 Å². The van der Waals surface area contributed by atoms with Gasteiger partial charge >= 0.3 is 5.97 Å². The fourth-order valence-electron chi connectivity index (χ4n) is 3.75. The third-order valence-corrected chi connectivity index (χ3v) is 7.39. The lowest BCUT2D eigenvalue weighted by atomic mass is 9.95. The molecule has 3 aromatic rings. The zero-order valence-corrected chi connectivity index (χ0v) is 19.1. The van der Waals surface area contributed by atoms with Crippen molar-refractivity contribution in [2.45, 2.75) is 44.3 Å². The Morgan fingerprint density at radius 2 is 1.97 bits per heavy atom. The van der Waals surface area contributed by atoms with Crippen molar-refractivity contribution in [2.75, 3.05) is 18.2 Å². The van der Waals surface area contributed by atoms with Gasteiger partial charge in [0.15, 0.2) is 11.0 Å². The maximum atomic E-state index is 12.7. The van der Waals surface area contributed by atoms with Crippen LogP contribution in [0.5, 0.6) is 0 Å². The molecule has 4 rings (SSSR count). The summed E-state index contributed by atoms with van der Waals surface area (Å²) in [5, 5.41) is 12.8. The van der Waals surface area contributed by atoms with Crippen LogP contribution in [-0.4, -0.2) is 39.5 Å². The van der Waals surface area contributed by atoms with E-state index in [0.29, 0.717) is 22.3 Å². The number of rotatable bonds is 7. The van der Waals surface area contributed by atoms with Gasteiger partial charge in [0.25, 0.3) is 0 Å². The maximum absolute atomic E-state index is 12.7. The first-order valence-corrected chi connectivity index (χ1v) is 12.1. The van der Waals surface area contributed by atoms with E-state index in [1.54, 1.807) is 0 Å². The molecule has 9 heteroatoms. The molecule has 0 saturated carbocycles. The number of fused-ring (bicyclic) bond motifs is 1. The first-order chi connectivity index (χ1) is 15.1. The Bertz CT molecular complexity index is 1090. The molecule has 1 aromatic carbocycles. The third kappa shape index (κ3) is 4.52. The summed E-state index contributed by atoms with van der Waals surface area (Å²) in [6, 6.07) is 9.86. The molecule has 0 atom stereocenters. The predicted octanol–water partition coefficient (Wildman–Crippen LogP) is 4.42. The van der Waals surface area contributed by atoms with Gasteiger partial charge in [-0.2, -0.15) is 0 Å². The second-order valence-electron chi connectivity index (χ2n) is 7.16. The van der Waals surface area contributed by atoms with Crippen molar-refractivity contribution < 1.29 is 14.3 Å². The molecule has 0 fully saturated rings. The Hall–Kier alpha value is -2.65. The lowest BCUT2D eigenvalue weighted by Gasteiger charge is -2.11. The van der Waals surface area contributed by atoms with Crippen LogP contribution in [0.25, 0.3) is 11.4 Å². The molecule has 0 aliphatic heterocycles. The molecular formula is C22H24N4O3S2. The molecule has 0 spiro atoms. The van der Waals surface area contributed by atoms with Gasteiger partial charge in [0.05, 0.1) is 18.4 Å². The van der Waals surface area contributed by atoms with Crippen molar-refractivity contribution in [1.29, 1.82) is 0 Å². The standard InChI is InChI=1S/C22H24N4O3S2/c1-3-26-19(14-9-5-4-6-10-14)24-25-22(26)30-13-17(27)23-20-18(21(28)29-2)15-11-7-8-12-16(15)31-20/h4-6,9-10H,3,7-8,11-13H2,1-2H3,(H,23,27). The zero-order chi connectivity index (χ0) is 21.8. The fraction of sp³-hybridized carbons (Fsp3) is 0.364. The van der Waals surface area contributed by atoms with Crippen molar-refractivity contribution in [3.63, 3.8) is 0 Å². The van der Waals surface area contributed by atoms with Crippen LogP contribution >= 0.6 is 23.1 Å². The zero-order valence-electron chi connectivity index (χ0n) is 17.5. The number of aromatic nitrogens is 3. The van der Waals surface area contributed by atoms with Gasteiger partial charge in [-0.25, -0.2) is 4.79 Å². The molecule has 1 N–H and O–H groups in total. The second kappa shape index (κ2) is 9.65. The van der Waals surface area contributed by atoms with E-state index in [0.717, 1.165) is 42.6 Å². The summed E-state index contributed by atoms with van der Waals surface area (Å²) in [4.78, 5) is 26.2. The van der Waals surface area contributed by atoms with Gasteiger partial charge in [-0.3, -0.25) is 4.79 Å². The largest absolute Gasteiger partial charge is 0.465 e. The number of anilines is 1. The molecular weight excluding hydrogens is 432 g/mol. The number of esters is 1. The number of methoxy groups -OCH3 is 1. The lowest BCUT2D eigenvalue weighted by molar-refractivity contribution is -0.113. The van der Waals surface area contributed by atoms with E-state index >= 15 is 0 Å². The normalized spacial score (nSPS) is 13.0. The van der Waals surface area contributed by atoms with Crippen molar-refractivity contribution in [3.8, 4) is 11.4 Å². The number of thiophene rings is 1. The molecule has 1 aliphatic carbocycles. The van der Waals surface area contributed by atoms with E-state index < -0.39 is 0 Å². The molecule has 0 radical (unpaired) electrons. The van der Waals surface area contributed by atoms with Crippen LogP contribution in [0.1, 0.15) is 40.6 Å². The van der Waals surface area contributed by atoms with Crippen LogP contribution < -0.4 is 5.32 Å². The van der Waals surface area contributed by atoms with Gasteiger partial charge < -0.3 is 14.6 Å². The van der Waals surface area contributed by atoms with Crippen molar-refractivity contribution in [2.24, 2.45) is 0 Å². The molecule has 2 heterocycles. The summed E-state index contributed by atoms with van der Waals surface area (Å²) in [5.41, 5.74) is 2.54. The minimum absolute atomic E-state index is 0.177. The monoisotopic (exact) mass is 456 g/mol. The minimum atomic E-state index is -0.388. The van der Waals surface area contributed by atoms with E-state index in [4.69, 9.17) is 4.74 Å². The summed E-state index contributed by atoms with van der Waals surface area (Å²) < 4.78 is 6.97. The van der Waals surface area contributed by atoms with E-state index in [-0.39, 0.29) is 17.6 Å². The van der Waals surface area contributed by atoms with Crippen molar-refractivity contribution in [1.82, 2.24) is 14.8 Å². The van der Waals surface area contributed by atoms with Gasteiger partial charge in [-0.05, 0) is 38.2 Å². The number of nitrogens with zero attached hydrogens (tertiary/aromatic N) is 3. The third-order valence-electron chi connectivity index (χ3n) is 5.21.